The largest absolute Gasteiger partial charge is 0.481 e. The average Bonchev–Trinajstić information content (AvgIpc) is 2.62. The van der Waals surface area contributed by atoms with Crippen LogP contribution < -0.4 is 4.90 Å². The lowest BCUT2D eigenvalue weighted by Crippen LogP contribution is -2.11. The quantitative estimate of drug-likeness (QED) is 0.794. The molecular weight excluding hydrogens is 234 g/mol. The molecule has 5 nitrogen and oxygen atoms in total. The van der Waals surface area contributed by atoms with Crippen molar-refractivity contribution in [1.82, 2.24) is 10.2 Å². The first-order valence-corrected chi connectivity index (χ1v) is 6.17. The van der Waals surface area contributed by atoms with Gasteiger partial charge >= 0.3 is 5.97 Å². The molecule has 7 heteroatoms. The number of nitrogens with zero attached hydrogens (tertiary/aromatic N) is 3. The Hall–Kier alpha value is -0.820. The number of thioether (sulfide) groups is 1. The Labute approximate surface area is 96.5 Å². The zero-order valence-corrected chi connectivity index (χ0v) is 10.4. The summed E-state index contributed by atoms with van der Waals surface area (Å²) in [6.45, 7) is 1.68. The number of hydrogen-bond donors (Lipinski definition) is 1. The van der Waals surface area contributed by atoms with E-state index >= 15 is 0 Å². The van der Waals surface area contributed by atoms with Crippen molar-refractivity contribution >= 4 is 34.2 Å². The number of carboxylic acids is 1. The average molecular weight is 247 g/mol. The standard InChI is InChI=1S/C8H13N3O2S2/c1-5(6(12)13)4-14-8-10-9-7(15-8)11(2)3/h5H,4H2,1-3H3,(H,12,13). The van der Waals surface area contributed by atoms with E-state index < -0.39 is 5.97 Å². The van der Waals surface area contributed by atoms with Gasteiger partial charge in [-0.25, -0.2) is 0 Å². The molecule has 0 aliphatic carbocycles. The summed E-state index contributed by atoms with van der Waals surface area (Å²) in [5.41, 5.74) is 0. The van der Waals surface area contributed by atoms with Crippen LogP contribution in [-0.4, -0.2) is 41.1 Å². The number of anilines is 1. The van der Waals surface area contributed by atoms with Gasteiger partial charge in [0, 0.05) is 19.8 Å². The second-order valence-electron chi connectivity index (χ2n) is 3.30. The molecule has 0 bridgehead atoms. The van der Waals surface area contributed by atoms with Gasteiger partial charge in [-0.05, 0) is 0 Å². The Bertz CT molecular complexity index is 340. The molecule has 1 rings (SSSR count). The summed E-state index contributed by atoms with van der Waals surface area (Å²) in [7, 11) is 3.80. The van der Waals surface area contributed by atoms with Crippen molar-refractivity contribution < 1.29 is 9.90 Å². The predicted molar refractivity (Wildman–Crippen MR) is 61.8 cm³/mol. The highest BCUT2D eigenvalue weighted by Gasteiger charge is 2.13. The fourth-order valence-electron chi connectivity index (χ4n) is 0.709. The molecule has 0 spiro atoms. The number of aromatic nitrogens is 2. The molecule has 0 aromatic carbocycles. The maximum absolute atomic E-state index is 10.6. The van der Waals surface area contributed by atoms with Crippen molar-refractivity contribution in [3.63, 3.8) is 0 Å². The summed E-state index contributed by atoms with van der Waals surface area (Å²) >= 11 is 2.90. The molecule has 1 heterocycles. The second-order valence-corrected chi connectivity index (χ2v) is 5.52. The van der Waals surface area contributed by atoms with E-state index in [-0.39, 0.29) is 5.92 Å². The Morgan fingerprint density at radius 3 is 2.73 bits per heavy atom. The van der Waals surface area contributed by atoms with Gasteiger partial charge in [0.05, 0.1) is 5.92 Å². The van der Waals surface area contributed by atoms with Crippen molar-refractivity contribution in [1.29, 1.82) is 0 Å². The Kier molecular flexibility index (Phi) is 4.34. The number of hydrogen-bond acceptors (Lipinski definition) is 6. The fraction of sp³-hybridized carbons (Fsp3) is 0.625. The third kappa shape index (κ3) is 3.67. The minimum Gasteiger partial charge on any atom is -0.481 e. The van der Waals surface area contributed by atoms with Crippen LogP contribution in [0.5, 0.6) is 0 Å². The van der Waals surface area contributed by atoms with Crippen LogP contribution in [0.3, 0.4) is 0 Å². The predicted octanol–water partition coefficient (Wildman–Crippen LogP) is 1.42. The molecule has 1 N–H and O–H groups in total. The molecule has 0 fully saturated rings. The van der Waals surface area contributed by atoms with E-state index in [0.717, 1.165) is 9.47 Å². The van der Waals surface area contributed by atoms with Gasteiger partial charge in [0.25, 0.3) is 0 Å². The van der Waals surface area contributed by atoms with E-state index in [9.17, 15) is 4.79 Å². The topological polar surface area (TPSA) is 66.3 Å². The molecule has 0 aliphatic rings. The van der Waals surface area contributed by atoms with Crippen LogP contribution >= 0.6 is 23.1 Å². The lowest BCUT2D eigenvalue weighted by atomic mass is 10.2. The zero-order chi connectivity index (χ0) is 11.4. The normalized spacial score (nSPS) is 12.5. The van der Waals surface area contributed by atoms with Crippen LogP contribution in [0.1, 0.15) is 6.92 Å². The maximum atomic E-state index is 10.6. The molecule has 0 saturated heterocycles. The Balaban J connectivity index is 2.47. The molecular formula is C8H13N3O2S2. The van der Waals surface area contributed by atoms with Crippen molar-refractivity contribution in [2.75, 3.05) is 24.7 Å². The summed E-state index contributed by atoms with van der Waals surface area (Å²) in [6, 6.07) is 0. The van der Waals surface area contributed by atoms with Gasteiger partial charge in [-0.2, -0.15) is 0 Å². The number of aliphatic carboxylic acids is 1. The number of carboxylic acid groups (broad SMARTS) is 1. The van der Waals surface area contributed by atoms with Crippen LogP contribution in [0.4, 0.5) is 5.13 Å². The van der Waals surface area contributed by atoms with Crippen LogP contribution in [0.25, 0.3) is 0 Å². The first-order chi connectivity index (χ1) is 7.00. The molecule has 0 saturated carbocycles. The molecule has 1 unspecified atom stereocenters. The molecule has 0 radical (unpaired) electrons. The van der Waals surface area contributed by atoms with Crippen LogP contribution in [0.15, 0.2) is 4.34 Å². The summed E-state index contributed by atoms with van der Waals surface area (Å²) in [5, 5.41) is 17.5. The zero-order valence-electron chi connectivity index (χ0n) is 8.80. The third-order valence-corrected chi connectivity index (χ3v) is 4.14. The highest BCUT2D eigenvalue weighted by atomic mass is 32.2. The lowest BCUT2D eigenvalue weighted by molar-refractivity contribution is -0.140. The molecule has 1 aromatic heterocycles. The van der Waals surface area contributed by atoms with Crippen LogP contribution in [0.2, 0.25) is 0 Å². The highest BCUT2D eigenvalue weighted by Crippen LogP contribution is 2.28. The molecule has 1 atom stereocenters. The van der Waals surface area contributed by atoms with E-state index in [1.165, 1.54) is 23.1 Å². The van der Waals surface area contributed by atoms with Crippen molar-refractivity contribution in [3.8, 4) is 0 Å². The summed E-state index contributed by atoms with van der Waals surface area (Å²) in [5.74, 6) is -0.612. The van der Waals surface area contributed by atoms with Gasteiger partial charge in [-0.15, -0.1) is 10.2 Å². The number of carbonyl (C=O) groups is 1. The summed E-state index contributed by atoms with van der Waals surface area (Å²) < 4.78 is 0.812. The first kappa shape index (κ1) is 12.3. The summed E-state index contributed by atoms with van der Waals surface area (Å²) in [4.78, 5) is 12.5. The molecule has 1 aromatic rings. The highest BCUT2D eigenvalue weighted by molar-refractivity contribution is 8.01. The molecule has 0 aliphatic heterocycles. The lowest BCUT2D eigenvalue weighted by Gasteiger charge is -2.04. The van der Waals surface area contributed by atoms with Crippen molar-refractivity contribution in [2.45, 2.75) is 11.3 Å². The molecule has 0 amide bonds. The van der Waals surface area contributed by atoms with E-state index in [1.807, 2.05) is 19.0 Å². The van der Waals surface area contributed by atoms with E-state index in [2.05, 4.69) is 10.2 Å². The van der Waals surface area contributed by atoms with Gasteiger partial charge in [0.15, 0.2) is 4.34 Å². The smallest absolute Gasteiger partial charge is 0.307 e. The maximum Gasteiger partial charge on any atom is 0.307 e. The van der Waals surface area contributed by atoms with Gasteiger partial charge in [-0.3, -0.25) is 4.79 Å². The first-order valence-electron chi connectivity index (χ1n) is 4.37. The third-order valence-electron chi connectivity index (χ3n) is 1.66. The Morgan fingerprint density at radius 2 is 2.27 bits per heavy atom. The van der Waals surface area contributed by atoms with Gasteiger partial charge in [-0.1, -0.05) is 30.0 Å². The molecule has 15 heavy (non-hydrogen) atoms. The monoisotopic (exact) mass is 247 g/mol. The van der Waals surface area contributed by atoms with E-state index in [1.54, 1.807) is 6.92 Å². The molecule has 84 valence electrons. The van der Waals surface area contributed by atoms with Gasteiger partial charge < -0.3 is 10.0 Å². The minimum absolute atomic E-state index is 0.360. The minimum atomic E-state index is -0.778. The Morgan fingerprint density at radius 1 is 1.60 bits per heavy atom. The fourth-order valence-corrected chi connectivity index (χ4v) is 2.51. The second kappa shape index (κ2) is 5.32. The SMILES string of the molecule is CC(CSc1nnc(N(C)C)s1)C(=O)O. The summed E-state index contributed by atoms with van der Waals surface area (Å²) in [6.07, 6.45) is 0. The van der Waals surface area contributed by atoms with Crippen molar-refractivity contribution in [2.24, 2.45) is 5.92 Å². The van der Waals surface area contributed by atoms with Crippen LogP contribution in [-0.2, 0) is 4.79 Å². The van der Waals surface area contributed by atoms with Gasteiger partial charge in [0.1, 0.15) is 0 Å². The van der Waals surface area contributed by atoms with Crippen LogP contribution in [0, 0.1) is 5.92 Å². The van der Waals surface area contributed by atoms with Gasteiger partial charge in [0.2, 0.25) is 5.13 Å². The van der Waals surface area contributed by atoms with E-state index in [0.29, 0.717) is 5.75 Å². The van der Waals surface area contributed by atoms with Crippen molar-refractivity contribution in [3.05, 3.63) is 0 Å². The van der Waals surface area contributed by atoms with E-state index in [4.69, 9.17) is 5.11 Å². The number of rotatable bonds is 5.